The van der Waals surface area contributed by atoms with Crippen LogP contribution >= 0.6 is 0 Å². The minimum atomic E-state index is -0.0731. The van der Waals surface area contributed by atoms with Gasteiger partial charge in [-0.1, -0.05) is 0 Å². The number of piperazine rings is 1. The molecule has 0 unspecified atom stereocenters. The minimum absolute atomic E-state index is 0.0731. The molecule has 0 radical (unpaired) electrons. The number of nitrogens with zero attached hydrogens (tertiary/aromatic N) is 6. The third kappa shape index (κ3) is 3.55. The fraction of sp³-hybridized carbons (Fsp3) is 0.467. The van der Waals surface area contributed by atoms with Gasteiger partial charge in [-0.3, -0.25) is 0 Å². The van der Waals surface area contributed by atoms with Gasteiger partial charge >= 0.3 is 6.03 Å². The van der Waals surface area contributed by atoms with Crippen molar-refractivity contribution < 1.29 is 4.79 Å². The first-order valence-electron chi connectivity index (χ1n) is 7.88. The topological polar surface area (TPSA) is 105 Å². The zero-order chi connectivity index (χ0) is 17.1. The van der Waals surface area contributed by atoms with Crippen LogP contribution in [0.2, 0.25) is 0 Å². The van der Waals surface area contributed by atoms with Gasteiger partial charge in [0.2, 0.25) is 5.95 Å². The molecule has 128 valence electrons. The lowest BCUT2D eigenvalue weighted by Crippen LogP contribution is -2.52. The van der Waals surface area contributed by atoms with Crippen molar-refractivity contribution in [3.8, 4) is 0 Å². The van der Waals surface area contributed by atoms with Gasteiger partial charge in [0.25, 0.3) is 0 Å². The number of urea groups is 1. The summed E-state index contributed by atoms with van der Waals surface area (Å²) in [6, 6.07) is 1.84. The SMILES string of the molecule is Cc1cc(N2CCN(C(=O)NCc3nccn3C)CC2)nc(N)n1. The Morgan fingerprint density at radius 2 is 2.04 bits per heavy atom. The number of aryl methyl sites for hydroxylation is 2. The van der Waals surface area contributed by atoms with Crippen LogP contribution < -0.4 is 16.0 Å². The van der Waals surface area contributed by atoms with E-state index in [0.29, 0.717) is 32.7 Å². The Balaban J connectivity index is 1.52. The molecule has 1 aliphatic heterocycles. The fourth-order valence-electron chi connectivity index (χ4n) is 2.71. The summed E-state index contributed by atoms with van der Waals surface area (Å²) in [6.45, 7) is 5.01. The maximum Gasteiger partial charge on any atom is 0.317 e. The van der Waals surface area contributed by atoms with E-state index in [-0.39, 0.29) is 12.0 Å². The number of nitrogen functional groups attached to an aromatic ring is 1. The monoisotopic (exact) mass is 330 g/mol. The third-order valence-corrected chi connectivity index (χ3v) is 4.07. The molecule has 0 bridgehead atoms. The first-order valence-corrected chi connectivity index (χ1v) is 7.88. The summed E-state index contributed by atoms with van der Waals surface area (Å²) < 4.78 is 1.89. The first-order chi connectivity index (χ1) is 11.5. The highest BCUT2D eigenvalue weighted by molar-refractivity contribution is 5.74. The van der Waals surface area contributed by atoms with Gasteiger partial charge in [0.1, 0.15) is 11.6 Å². The van der Waals surface area contributed by atoms with Gasteiger partial charge in [-0.05, 0) is 6.92 Å². The molecule has 9 nitrogen and oxygen atoms in total. The van der Waals surface area contributed by atoms with E-state index >= 15 is 0 Å². The number of nitrogens with one attached hydrogen (secondary N) is 1. The highest BCUT2D eigenvalue weighted by Gasteiger charge is 2.22. The van der Waals surface area contributed by atoms with Gasteiger partial charge in [0.05, 0.1) is 6.54 Å². The standard InChI is InChI=1S/C15H22N8O/c1-11-9-12(20-14(16)19-11)22-5-7-23(8-6-22)15(24)18-10-13-17-3-4-21(13)2/h3-4,9H,5-8,10H2,1-2H3,(H,18,24)(H2,16,19,20). The van der Waals surface area contributed by atoms with E-state index in [9.17, 15) is 4.79 Å². The van der Waals surface area contributed by atoms with Crippen LogP contribution in [0.5, 0.6) is 0 Å². The Hall–Kier alpha value is -2.84. The molecule has 0 atom stereocenters. The largest absolute Gasteiger partial charge is 0.368 e. The van der Waals surface area contributed by atoms with E-state index in [1.165, 1.54) is 0 Å². The number of nitrogens with two attached hydrogens (primary N) is 1. The Bertz CT molecular complexity index is 700. The number of imidazole rings is 1. The summed E-state index contributed by atoms with van der Waals surface area (Å²) in [5.41, 5.74) is 6.55. The third-order valence-electron chi connectivity index (χ3n) is 4.07. The molecule has 24 heavy (non-hydrogen) atoms. The zero-order valence-electron chi connectivity index (χ0n) is 13.9. The van der Waals surface area contributed by atoms with Crippen molar-refractivity contribution in [1.82, 2.24) is 29.7 Å². The quantitative estimate of drug-likeness (QED) is 0.829. The van der Waals surface area contributed by atoms with Gasteiger partial charge in [0, 0.05) is 57.4 Å². The van der Waals surface area contributed by atoms with Crippen molar-refractivity contribution in [2.24, 2.45) is 7.05 Å². The van der Waals surface area contributed by atoms with Crippen molar-refractivity contribution >= 4 is 17.8 Å². The lowest BCUT2D eigenvalue weighted by atomic mass is 10.3. The number of aromatic nitrogens is 4. The van der Waals surface area contributed by atoms with Gasteiger partial charge in [-0.15, -0.1) is 0 Å². The molecule has 3 heterocycles. The molecular formula is C15H22N8O. The zero-order valence-corrected chi connectivity index (χ0v) is 13.9. The first kappa shape index (κ1) is 16.0. The predicted octanol–water partition coefficient (Wildman–Crippen LogP) is 0.133. The molecule has 1 saturated heterocycles. The van der Waals surface area contributed by atoms with Gasteiger partial charge in [-0.25, -0.2) is 14.8 Å². The van der Waals surface area contributed by atoms with Crippen LogP contribution in [-0.2, 0) is 13.6 Å². The van der Waals surface area contributed by atoms with Crippen LogP contribution in [0.15, 0.2) is 18.5 Å². The van der Waals surface area contributed by atoms with Gasteiger partial charge < -0.3 is 25.4 Å². The van der Waals surface area contributed by atoms with E-state index in [2.05, 4.69) is 25.2 Å². The molecule has 9 heteroatoms. The minimum Gasteiger partial charge on any atom is -0.368 e. The predicted molar refractivity (Wildman–Crippen MR) is 90.4 cm³/mol. The average Bonchev–Trinajstić information content (AvgIpc) is 2.97. The number of anilines is 2. The van der Waals surface area contributed by atoms with Gasteiger partial charge in [-0.2, -0.15) is 4.98 Å². The van der Waals surface area contributed by atoms with E-state index in [1.807, 2.05) is 30.8 Å². The van der Waals surface area contributed by atoms with Crippen LogP contribution in [0.25, 0.3) is 0 Å². The van der Waals surface area contributed by atoms with Crippen molar-refractivity contribution in [3.05, 3.63) is 30.0 Å². The second-order valence-electron chi connectivity index (χ2n) is 5.81. The second kappa shape index (κ2) is 6.73. The molecule has 0 aliphatic carbocycles. The summed E-state index contributed by atoms with van der Waals surface area (Å²) >= 11 is 0. The van der Waals surface area contributed by atoms with Crippen LogP contribution in [0.4, 0.5) is 16.6 Å². The molecule has 3 N–H and O–H groups in total. The summed E-state index contributed by atoms with van der Waals surface area (Å²) in [7, 11) is 1.91. The van der Waals surface area contributed by atoms with Crippen molar-refractivity contribution in [2.45, 2.75) is 13.5 Å². The van der Waals surface area contributed by atoms with E-state index < -0.39 is 0 Å². The molecule has 0 spiro atoms. The number of rotatable bonds is 3. The van der Waals surface area contributed by atoms with Crippen LogP contribution in [0.3, 0.4) is 0 Å². The molecule has 2 amide bonds. The Labute approximate surface area is 140 Å². The molecule has 3 rings (SSSR count). The molecule has 0 saturated carbocycles. The van der Waals surface area contributed by atoms with E-state index in [4.69, 9.17) is 5.73 Å². The van der Waals surface area contributed by atoms with Crippen LogP contribution in [-0.4, -0.2) is 56.6 Å². The summed E-state index contributed by atoms with van der Waals surface area (Å²) in [4.78, 5) is 28.7. The number of carbonyl (C=O) groups is 1. The maximum atomic E-state index is 12.3. The number of hydrogen-bond donors (Lipinski definition) is 2. The lowest BCUT2D eigenvalue weighted by Gasteiger charge is -2.35. The number of amides is 2. The van der Waals surface area contributed by atoms with Crippen LogP contribution in [0.1, 0.15) is 11.5 Å². The molecule has 1 fully saturated rings. The number of carbonyl (C=O) groups excluding carboxylic acids is 1. The highest BCUT2D eigenvalue weighted by Crippen LogP contribution is 2.15. The van der Waals surface area contributed by atoms with E-state index in [1.54, 1.807) is 11.1 Å². The normalized spacial score (nSPS) is 14.8. The number of hydrogen-bond acceptors (Lipinski definition) is 6. The van der Waals surface area contributed by atoms with Crippen molar-refractivity contribution in [2.75, 3.05) is 36.8 Å². The highest BCUT2D eigenvalue weighted by atomic mass is 16.2. The van der Waals surface area contributed by atoms with E-state index in [0.717, 1.165) is 17.3 Å². The molecule has 2 aromatic rings. The average molecular weight is 330 g/mol. The van der Waals surface area contributed by atoms with Gasteiger partial charge in [0.15, 0.2) is 0 Å². The molecular weight excluding hydrogens is 308 g/mol. The summed E-state index contributed by atoms with van der Waals surface area (Å²) in [6.07, 6.45) is 3.57. The smallest absolute Gasteiger partial charge is 0.317 e. The van der Waals surface area contributed by atoms with Crippen LogP contribution in [0, 0.1) is 6.92 Å². The van der Waals surface area contributed by atoms with Crippen molar-refractivity contribution in [3.63, 3.8) is 0 Å². The Kier molecular flexibility index (Phi) is 4.50. The molecule has 0 aromatic carbocycles. The molecule has 2 aromatic heterocycles. The summed E-state index contributed by atoms with van der Waals surface area (Å²) in [5, 5.41) is 2.91. The summed E-state index contributed by atoms with van der Waals surface area (Å²) in [5.74, 6) is 1.92. The second-order valence-corrected chi connectivity index (χ2v) is 5.81. The maximum absolute atomic E-state index is 12.3. The molecule has 1 aliphatic rings. The Morgan fingerprint density at radius 1 is 1.29 bits per heavy atom. The van der Waals surface area contributed by atoms with Crippen molar-refractivity contribution in [1.29, 1.82) is 0 Å². The fourth-order valence-corrected chi connectivity index (χ4v) is 2.71. The Morgan fingerprint density at radius 3 is 2.67 bits per heavy atom. The lowest BCUT2D eigenvalue weighted by molar-refractivity contribution is 0.193.